The number of fused-ring (bicyclic) bond motifs is 1. The zero-order valence-electron chi connectivity index (χ0n) is 27.8. The molecule has 4 rings (SSSR count). The van der Waals surface area contributed by atoms with Crippen LogP contribution in [-0.4, -0.2) is 86.9 Å². The number of nitrogens with one attached hydrogen (secondary N) is 2. The standard InChI is InChI=1S/C35H45FN4O7S/c1-24-21-40(25(2)23-41)34(42)31-20-29(38-48(44,45)30-16-13-27(36)14-17-30)15-18-32(31)47-26(3)10-8-9-19-46-33(24)22-39(4)35(43)37-28-11-6-5-7-12-28/h5-7,11-18,20,24-26,33,38,41H,8-10,19,21-23H2,1-4H3,(H,37,43)/t24-,25-,26+,33-/m0/s1. The molecule has 11 nitrogen and oxygen atoms in total. The third-order valence-electron chi connectivity index (χ3n) is 8.25. The van der Waals surface area contributed by atoms with Gasteiger partial charge in [-0.15, -0.1) is 0 Å². The second-order valence-corrected chi connectivity index (χ2v) is 13.9. The van der Waals surface area contributed by atoms with Crippen LogP contribution in [0.3, 0.4) is 0 Å². The van der Waals surface area contributed by atoms with Gasteiger partial charge in [0.15, 0.2) is 0 Å². The van der Waals surface area contributed by atoms with E-state index in [0.717, 1.165) is 37.1 Å². The molecule has 0 fully saturated rings. The van der Waals surface area contributed by atoms with Crippen molar-refractivity contribution in [3.05, 3.63) is 84.2 Å². The van der Waals surface area contributed by atoms with E-state index in [9.17, 15) is 27.5 Å². The second kappa shape index (κ2) is 16.8. The highest BCUT2D eigenvalue weighted by molar-refractivity contribution is 7.92. The minimum Gasteiger partial charge on any atom is -0.490 e. The van der Waals surface area contributed by atoms with E-state index < -0.39 is 33.9 Å². The topological polar surface area (TPSA) is 138 Å². The van der Waals surface area contributed by atoms with Gasteiger partial charge in [-0.25, -0.2) is 17.6 Å². The number of halogens is 1. The Balaban J connectivity index is 1.63. The third-order valence-corrected chi connectivity index (χ3v) is 9.65. The van der Waals surface area contributed by atoms with Crippen LogP contribution in [0.1, 0.15) is 50.4 Å². The van der Waals surface area contributed by atoms with Gasteiger partial charge in [0.25, 0.3) is 15.9 Å². The summed E-state index contributed by atoms with van der Waals surface area (Å²) in [7, 11) is -2.42. The number of rotatable bonds is 8. The number of anilines is 2. The van der Waals surface area contributed by atoms with Crippen molar-refractivity contribution in [1.82, 2.24) is 9.80 Å². The number of carbonyl (C=O) groups is 2. The monoisotopic (exact) mass is 684 g/mol. The molecule has 0 aliphatic carbocycles. The highest BCUT2D eigenvalue weighted by Crippen LogP contribution is 2.29. The summed E-state index contributed by atoms with van der Waals surface area (Å²) in [6.45, 7) is 6.08. The quantitative estimate of drug-likeness (QED) is 0.282. The van der Waals surface area contributed by atoms with Gasteiger partial charge in [-0.2, -0.15) is 0 Å². The predicted octanol–water partition coefficient (Wildman–Crippen LogP) is 5.59. The first-order valence-corrected chi connectivity index (χ1v) is 17.6. The molecule has 3 aromatic rings. The first kappa shape index (κ1) is 36.6. The van der Waals surface area contributed by atoms with Crippen LogP contribution in [0.4, 0.5) is 20.6 Å². The zero-order valence-corrected chi connectivity index (χ0v) is 28.6. The number of aliphatic hydroxyl groups is 1. The average molecular weight is 685 g/mol. The number of ether oxygens (including phenoxy) is 2. The number of hydrogen-bond donors (Lipinski definition) is 3. The number of likely N-dealkylation sites (N-methyl/N-ethyl adjacent to an activating group) is 1. The minimum atomic E-state index is -4.10. The Bertz CT molecular complexity index is 1630. The van der Waals surface area contributed by atoms with E-state index in [1.54, 1.807) is 37.1 Å². The third kappa shape index (κ3) is 9.91. The lowest BCUT2D eigenvalue weighted by molar-refractivity contribution is -0.0115. The first-order valence-electron chi connectivity index (χ1n) is 16.1. The van der Waals surface area contributed by atoms with Crippen molar-refractivity contribution >= 4 is 33.3 Å². The van der Waals surface area contributed by atoms with Crippen LogP contribution >= 0.6 is 0 Å². The predicted molar refractivity (Wildman–Crippen MR) is 182 cm³/mol. The summed E-state index contributed by atoms with van der Waals surface area (Å²) in [5.74, 6) is -1.04. The van der Waals surface area contributed by atoms with Gasteiger partial charge < -0.3 is 29.7 Å². The Hall–Kier alpha value is -4.20. The number of hydrogen-bond acceptors (Lipinski definition) is 7. The molecule has 48 heavy (non-hydrogen) atoms. The van der Waals surface area contributed by atoms with Gasteiger partial charge in [0, 0.05) is 44.0 Å². The molecule has 0 spiro atoms. The maximum atomic E-state index is 14.3. The SMILES string of the molecule is C[C@@H]1CCCCO[C@@H](CN(C)C(=O)Nc2ccccc2)[C@@H](C)CN([C@@H](C)CO)C(=O)c2cc(NS(=O)(=O)c3ccc(F)cc3)ccc2O1. The number of urea groups is 1. The molecule has 0 aromatic heterocycles. The number of para-hydroxylation sites is 1. The van der Waals surface area contributed by atoms with Crippen LogP contribution in [0.25, 0.3) is 0 Å². The fraction of sp³-hybridized carbons (Fsp3) is 0.429. The molecule has 3 N–H and O–H groups in total. The Morgan fingerprint density at radius 1 is 1.06 bits per heavy atom. The van der Waals surface area contributed by atoms with E-state index in [4.69, 9.17) is 9.47 Å². The lowest BCUT2D eigenvalue weighted by atomic mass is 10.0. The number of nitrogens with zero attached hydrogens (tertiary/aromatic N) is 2. The molecule has 4 atom stereocenters. The molecule has 3 aromatic carbocycles. The van der Waals surface area contributed by atoms with Crippen molar-refractivity contribution in [3.8, 4) is 5.75 Å². The molecular formula is C35H45FN4O7S. The normalized spacial score (nSPS) is 20.1. The van der Waals surface area contributed by atoms with Crippen molar-refractivity contribution in [2.24, 2.45) is 5.92 Å². The molecular weight excluding hydrogens is 639 g/mol. The molecule has 1 heterocycles. The number of sulfonamides is 1. The van der Waals surface area contributed by atoms with Gasteiger partial charge in [-0.1, -0.05) is 25.1 Å². The van der Waals surface area contributed by atoms with Crippen molar-refractivity contribution in [2.75, 3.05) is 43.4 Å². The van der Waals surface area contributed by atoms with Gasteiger partial charge in [0.1, 0.15) is 11.6 Å². The van der Waals surface area contributed by atoms with Crippen LogP contribution in [0.5, 0.6) is 5.75 Å². The molecule has 1 aliphatic heterocycles. The molecule has 1 aliphatic rings. The molecule has 0 bridgehead atoms. The average Bonchev–Trinajstić information content (AvgIpc) is 3.06. The summed E-state index contributed by atoms with van der Waals surface area (Å²) in [5.41, 5.74) is 0.889. The summed E-state index contributed by atoms with van der Waals surface area (Å²) in [6, 6.07) is 17.1. The van der Waals surface area contributed by atoms with Crippen LogP contribution in [0.2, 0.25) is 0 Å². The maximum Gasteiger partial charge on any atom is 0.321 e. The lowest BCUT2D eigenvalue weighted by Gasteiger charge is -2.35. The fourth-order valence-electron chi connectivity index (χ4n) is 5.37. The van der Waals surface area contributed by atoms with Gasteiger partial charge in [-0.05, 0) is 87.7 Å². The van der Waals surface area contributed by atoms with Crippen molar-refractivity contribution < 1.29 is 37.0 Å². The van der Waals surface area contributed by atoms with E-state index in [-0.39, 0.29) is 59.6 Å². The Kier molecular flexibility index (Phi) is 12.8. The molecule has 13 heteroatoms. The largest absolute Gasteiger partial charge is 0.490 e. The number of benzene rings is 3. The van der Waals surface area contributed by atoms with Gasteiger partial charge in [0.2, 0.25) is 0 Å². The lowest BCUT2D eigenvalue weighted by Crippen LogP contribution is -2.48. The highest BCUT2D eigenvalue weighted by Gasteiger charge is 2.31. The summed E-state index contributed by atoms with van der Waals surface area (Å²) in [5, 5.41) is 13.1. The minimum absolute atomic E-state index is 0.112. The Morgan fingerprint density at radius 2 is 1.77 bits per heavy atom. The van der Waals surface area contributed by atoms with Crippen LogP contribution < -0.4 is 14.8 Å². The molecule has 3 amide bonds. The Morgan fingerprint density at radius 3 is 2.46 bits per heavy atom. The maximum absolute atomic E-state index is 14.3. The number of carbonyl (C=O) groups excluding carboxylic acids is 2. The van der Waals surface area contributed by atoms with Crippen molar-refractivity contribution in [2.45, 2.75) is 63.2 Å². The van der Waals surface area contributed by atoms with Crippen LogP contribution in [-0.2, 0) is 14.8 Å². The molecule has 0 radical (unpaired) electrons. The Labute approximate surface area is 282 Å². The first-order chi connectivity index (χ1) is 22.9. The van der Waals surface area contributed by atoms with Crippen molar-refractivity contribution in [3.63, 3.8) is 0 Å². The molecule has 0 saturated heterocycles. The molecule has 0 saturated carbocycles. The van der Waals surface area contributed by atoms with Gasteiger partial charge >= 0.3 is 6.03 Å². The van der Waals surface area contributed by atoms with E-state index >= 15 is 0 Å². The smallest absolute Gasteiger partial charge is 0.321 e. The van der Waals surface area contributed by atoms with E-state index in [1.807, 2.05) is 32.0 Å². The number of aliphatic hydroxyl groups excluding tert-OH is 1. The van der Waals surface area contributed by atoms with E-state index in [0.29, 0.717) is 18.7 Å². The molecule has 260 valence electrons. The van der Waals surface area contributed by atoms with Crippen LogP contribution in [0, 0.1) is 11.7 Å². The summed E-state index contributed by atoms with van der Waals surface area (Å²) < 4.78 is 54.6. The van der Waals surface area contributed by atoms with Gasteiger partial charge in [-0.3, -0.25) is 9.52 Å². The second-order valence-electron chi connectivity index (χ2n) is 12.2. The fourth-order valence-corrected chi connectivity index (χ4v) is 6.42. The zero-order chi connectivity index (χ0) is 34.8. The van der Waals surface area contributed by atoms with Crippen LogP contribution in [0.15, 0.2) is 77.7 Å². The van der Waals surface area contributed by atoms with Crippen molar-refractivity contribution in [1.29, 1.82) is 0 Å². The summed E-state index contributed by atoms with van der Waals surface area (Å²) in [4.78, 5) is 30.3. The molecule has 0 unspecified atom stereocenters. The summed E-state index contributed by atoms with van der Waals surface area (Å²) in [6.07, 6.45) is 1.50. The summed E-state index contributed by atoms with van der Waals surface area (Å²) >= 11 is 0. The van der Waals surface area contributed by atoms with E-state index in [1.165, 1.54) is 17.0 Å². The van der Waals surface area contributed by atoms with E-state index in [2.05, 4.69) is 10.0 Å². The van der Waals surface area contributed by atoms with Gasteiger partial charge in [0.05, 0.1) is 35.3 Å². The number of amides is 3. The highest BCUT2D eigenvalue weighted by atomic mass is 32.2.